The molecule has 0 aliphatic carbocycles. The van der Waals surface area contributed by atoms with Gasteiger partial charge >= 0.3 is 6.03 Å². The number of aromatic nitrogens is 3. The fourth-order valence-corrected chi connectivity index (χ4v) is 3.55. The van der Waals surface area contributed by atoms with Crippen molar-refractivity contribution < 1.29 is 9.59 Å². The number of urea groups is 1. The van der Waals surface area contributed by atoms with E-state index in [4.69, 9.17) is 0 Å². The molecule has 0 aromatic carbocycles. The molecule has 2 aromatic heterocycles. The first-order chi connectivity index (χ1) is 10.9. The maximum Gasteiger partial charge on any atom is 0.325 e. The Hall–Kier alpha value is -1.74. The summed E-state index contributed by atoms with van der Waals surface area (Å²) in [6, 6.07) is 1.17. The van der Waals surface area contributed by atoms with Gasteiger partial charge in [0.25, 0.3) is 5.91 Å². The predicted octanol–water partition coefficient (Wildman–Crippen LogP) is 2.35. The second kappa shape index (κ2) is 6.40. The number of thiophene rings is 1. The lowest BCUT2D eigenvalue weighted by atomic mass is 10.1. The van der Waals surface area contributed by atoms with Crippen LogP contribution in [0, 0.1) is 0 Å². The second-order valence-corrected chi connectivity index (χ2v) is 7.96. The Morgan fingerprint density at radius 3 is 2.83 bits per heavy atom. The largest absolute Gasteiger partial charge is 0.325 e. The van der Waals surface area contributed by atoms with E-state index in [-0.39, 0.29) is 24.5 Å². The molecule has 0 radical (unpaired) electrons. The summed E-state index contributed by atoms with van der Waals surface area (Å²) in [6.45, 7) is 4.28. The first-order valence-electron chi connectivity index (χ1n) is 7.19. The van der Waals surface area contributed by atoms with Crippen LogP contribution < -0.4 is 5.32 Å². The Labute approximate surface area is 145 Å². The molecule has 0 spiro atoms. The van der Waals surface area contributed by atoms with E-state index in [1.807, 2.05) is 31.5 Å². The van der Waals surface area contributed by atoms with E-state index in [2.05, 4.69) is 31.6 Å². The van der Waals surface area contributed by atoms with E-state index in [9.17, 15) is 9.59 Å². The number of nitrogens with zero attached hydrogens (tertiary/aromatic N) is 4. The number of carbonyl (C=O) groups excluding carboxylic acids is 2. The van der Waals surface area contributed by atoms with Crippen molar-refractivity contribution in [3.05, 3.63) is 32.7 Å². The van der Waals surface area contributed by atoms with Crippen LogP contribution in [0.5, 0.6) is 0 Å². The van der Waals surface area contributed by atoms with E-state index >= 15 is 0 Å². The van der Waals surface area contributed by atoms with Crippen molar-refractivity contribution in [2.45, 2.75) is 38.9 Å². The van der Waals surface area contributed by atoms with Crippen molar-refractivity contribution in [2.75, 3.05) is 0 Å². The molecule has 1 N–H and O–H groups in total. The maximum atomic E-state index is 12.5. The lowest BCUT2D eigenvalue weighted by Crippen LogP contribution is -2.32. The Morgan fingerprint density at radius 2 is 2.22 bits per heavy atom. The number of imide groups is 1. The average Bonchev–Trinajstić information content (AvgIpc) is 3.17. The molecule has 1 atom stereocenters. The number of carbonyl (C=O) groups is 2. The highest BCUT2D eigenvalue weighted by atomic mass is 79.9. The molecule has 9 heteroatoms. The molecule has 1 aliphatic heterocycles. The van der Waals surface area contributed by atoms with Gasteiger partial charge in [-0.25, -0.2) is 9.48 Å². The number of hydrogen-bond donors (Lipinski definition) is 1. The SMILES string of the molecule is CC(C)n1cc(C[C@H]2NC(=O)N(Cc3csc(Br)c3)C2=O)nn1. The van der Waals surface area contributed by atoms with Crippen LogP contribution in [0.2, 0.25) is 0 Å². The second-order valence-electron chi connectivity index (χ2n) is 5.67. The predicted molar refractivity (Wildman–Crippen MR) is 89.0 cm³/mol. The van der Waals surface area contributed by atoms with Crippen LogP contribution in [0.25, 0.3) is 0 Å². The zero-order valence-electron chi connectivity index (χ0n) is 12.7. The molecule has 3 heterocycles. The standard InChI is InChI=1S/C14H16BrN5O2S/c1-8(2)20-6-10(17-18-20)4-11-13(21)19(14(22)16-11)5-9-3-12(15)23-7-9/h3,6-8,11H,4-5H2,1-2H3,(H,16,22)/t11-/m1/s1. The van der Waals surface area contributed by atoms with Gasteiger partial charge in [-0.3, -0.25) is 9.69 Å². The van der Waals surface area contributed by atoms with Gasteiger partial charge in [0.05, 0.1) is 16.0 Å². The molecule has 0 saturated carbocycles. The molecular formula is C14H16BrN5O2S. The fraction of sp³-hybridized carbons (Fsp3) is 0.429. The first-order valence-corrected chi connectivity index (χ1v) is 8.87. The van der Waals surface area contributed by atoms with Crippen molar-refractivity contribution in [1.82, 2.24) is 25.2 Å². The number of nitrogens with one attached hydrogen (secondary N) is 1. The summed E-state index contributed by atoms with van der Waals surface area (Å²) in [5.41, 5.74) is 1.62. The van der Waals surface area contributed by atoms with Crippen LogP contribution in [0.3, 0.4) is 0 Å². The minimum atomic E-state index is -0.582. The highest BCUT2D eigenvalue weighted by Crippen LogP contribution is 2.23. The minimum Gasteiger partial charge on any atom is -0.325 e. The van der Waals surface area contributed by atoms with Crippen LogP contribution in [0.15, 0.2) is 21.4 Å². The third kappa shape index (κ3) is 3.45. The highest BCUT2D eigenvalue weighted by Gasteiger charge is 2.38. The van der Waals surface area contributed by atoms with Gasteiger partial charge in [0.2, 0.25) is 0 Å². The molecule has 3 rings (SSSR count). The summed E-state index contributed by atoms with van der Waals surface area (Å²) >= 11 is 4.90. The fourth-order valence-electron chi connectivity index (χ4n) is 2.34. The third-order valence-corrected chi connectivity index (χ3v) is 5.12. The van der Waals surface area contributed by atoms with Gasteiger partial charge in [0.1, 0.15) is 6.04 Å². The van der Waals surface area contributed by atoms with E-state index < -0.39 is 6.04 Å². The van der Waals surface area contributed by atoms with Gasteiger partial charge in [-0.1, -0.05) is 5.21 Å². The van der Waals surface area contributed by atoms with E-state index in [0.29, 0.717) is 12.1 Å². The lowest BCUT2D eigenvalue weighted by molar-refractivity contribution is -0.127. The maximum absolute atomic E-state index is 12.5. The zero-order chi connectivity index (χ0) is 16.6. The number of halogens is 1. The average molecular weight is 398 g/mol. The molecule has 0 unspecified atom stereocenters. The molecular weight excluding hydrogens is 382 g/mol. The van der Waals surface area contributed by atoms with Gasteiger partial charge in [0, 0.05) is 18.7 Å². The summed E-state index contributed by atoms with van der Waals surface area (Å²) < 4.78 is 2.71. The minimum absolute atomic E-state index is 0.207. The quantitative estimate of drug-likeness (QED) is 0.785. The topological polar surface area (TPSA) is 80.1 Å². The van der Waals surface area contributed by atoms with Crippen LogP contribution >= 0.6 is 27.3 Å². The van der Waals surface area contributed by atoms with Crippen LogP contribution in [0.1, 0.15) is 31.1 Å². The van der Waals surface area contributed by atoms with Crippen molar-refractivity contribution in [3.63, 3.8) is 0 Å². The summed E-state index contributed by atoms with van der Waals surface area (Å²) in [7, 11) is 0. The Morgan fingerprint density at radius 1 is 1.43 bits per heavy atom. The highest BCUT2D eigenvalue weighted by molar-refractivity contribution is 9.11. The molecule has 1 saturated heterocycles. The summed E-state index contributed by atoms with van der Waals surface area (Å²) in [5, 5.41) is 12.7. The molecule has 1 aliphatic rings. The van der Waals surface area contributed by atoms with Crippen molar-refractivity contribution in [3.8, 4) is 0 Å². The van der Waals surface area contributed by atoms with Crippen LogP contribution in [0.4, 0.5) is 4.79 Å². The molecule has 2 aromatic rings. The summed E-state index contributed by atoms with van der Waals surface area (Å²) in [6.07, 6.45) is 2.16. The molecule has 1 fully saturated rings. The first kappa shape index (κ1) is 16.1. The molecule has 23 heavy (non-hydrogen) atoms. The zero-order valence-corrected chi connectivity index (χ0v) is 15.1. The number of amides is 3. The summed E-state index contributed by atoms with van der Waals surface area (Å²) in [5.74, 6) is -0.226. The summed E-state index contributed by atoms with van der Waals surface area (Å²) in [4.78, 5) is 25.7. The smallest absolute Gasteiger partial charge is 0.325 e. The van der Waals surface area contributed by atoms with Crippen LogP contribution in [-0.2, 0) is 17.8 Å². The van der Waals surface area contributed by atoms with Crippen molar-refractivity contribution >= 4 is 39.2 Å². The molecule has 0 bridgehead atoms. The van der Waals surface area contributed by atoms with Gasteiger partial charge in [0.15, 0.2) is 0 Å². The van der Waals surface area contributed by atoms with Gasteiger partial charge in [-0.2, -0.15) is 0 Å². The molecule has 3 amide bonds. The number of hydrogen-bond acceptors (Lipinski definition) is 5. The monoisotopic (exact) mass is 397 g/mol. The Kier molecular flexibility index (Phi) is 4.49. The Bertz CT molecular complexity index is 741. The van der Waals surface area contributed by atoms with E-state index in [0.717, 1.165) is 9.35 Å². The van der Waals surface area contributed by atoms with Gasteiger partial charge < -0.3 is 5.32 Å². The van der Waals surface area contributed by atoms with E-state index in [1.165, 1.54) is 16.2 Å². The van der Waals surface area contributed by atoms with Gasteiger partial charge in [-0.05, 0) is 46.8 Å². The normalized spacial score (nSPS) is 18.1. The Balaban J connectivity index is 1.67. The van der Waals surface area contributed by atoms with E-state index in [1.54, 1.807) is 4.68 Å². The third-order valence-electron chi connectivity index (χ3n) is 3.57. The lowest BCUT2D eigenvalue weighted by Gasteiger charge is -2.11. The van der Waals surface area contributed by atoms with Gasteiger partial charge in [-0.15, -0.1) is 16.4 Å². The molecule has 122 valence electrons. The number of rotatable bonds is 5. The van der Waals surface area contributed by atoms with Crippen molar-refractivity contribution in [1.29, 1.82) is 0 Å². The van der Waals surface area contributed by atoms with Crippen molar-refractivity contribution in [2.24, 2.45) is 0 Å². The van der Waals surface area contributed by atoms with Crippen LogP contribution in [-0.4, -0.2) is 37.9 Å². The molecule has 7 nitrogen and oxygen atoms in total.